The van der Waals surface area contributed by atoms with Crippen LogP contribution < -0.4 is 5.32 Å². The van der Waals surface area contributed by atoms with Crippen LogP contribution in [0.2, 0.25) is 0 Å². The lowest BCUT2D eigenvalue weighted by Crippen LogP contribution is -2.30. The zero-order chi connectivity index (χ0) is 19.7. The van der Waals surface area contributed by atoms with Gasteiger partial charge < -0.3 is 9.88 Å². The van der Waals surface area contributed by atoms with Crippen LogP contribution >= 0.6 is 11.8 Å². The van der Waals surface area contributed by atoms with Gasteiger partial charge in [-0.05, 0) is 43.5 Å². The third-order valence-corrected chi connectivity index (χ3v) is 5.96. The van der Waals surface area contributed by atoms with E-state index in [2.05, 4.69) is 21.6 Å². The molecule has 1 heterocycles. The molecule has 1 amide bonds. The molecule has 28 heavy (non-hydrogen) atoms. The number of halogens is 1. The van der Waals surface area contributed by atoms with Crippen molar-refractivity contribution in [2.24, 2.45) is 7.05 Å². The molecule has 5 nitrogen and oxygen atoms in total. The standard InChI is InChI=1S/C21H21FN4OS/c1-13-4-3-5-15(12-13)19-24-25-21(26(19)2)28-18(20(27)23-17-10-11-17)14-6-8-16(22)9-7-14/h3-9,12,17-18H,10-11H2,1-2H3,(H,23,27)/t18-/m1/s1. The second kappa shape index (κ2) is 7.75. The minimum atomic E-state index is -0.519. The maximum absolute atomic E-state index is 13.4. The van der Waals surface area contributed by atoms with Crippen LogP contribution in [0.1, 0.15) is 29.2 Å². The molecule has 0 unspecified atom stereocenters. The number of benzene rings is 2. The lowest BCUT2D eigenvalue weighted by atomic mass is 10.1. The fourth-order valence-corrected chi connectivity index (χ4v) is 3.99. The third kappa shape index (κ3) is 4.09. The summed E-state index contributed by atoms with van der Waals surface area (Å²) >= 11 is 1.33. The normalized spacial score (nSPS) is 14.7. The van der Waals surface area contributed by atoms with Crippen molar-refractivity contribution in [1.82, 2.24) is 20.1 Å². The molecule has 0 radical (unpaired) electrons. The molecular weight excluding hydrogens is 375 g/mol. The molecule has 1 N–H and O–H groups in total. The van der Waals surface area contributed by atoms with E-state index in [0.29, 0.717) is 5.16 Å². The molecule has 7 heteroatoms. The molecular formula is C21H21FN4OS. The summed E-state index contributed by atoms with van der Waals surface area (Å²) in [7, 11) is 1.89. The SMILES string of the molecule is Cc1cccc(-c2nnc(S[C@@H](C(=O)NC3CC3)c3ccc(F)cc3)n2C)c1. The molecule has 2 aromatic carbocycles. The topological polar surface area (TPSA) is 59.8 Å². The number of aryl methyl sites for hydroxylation is 1. The van der Waals surface area contributed by atoms with Crippen LogP contribution in [0.5, 0.6) is 0 Å². The molecule has 1 fully saturated rings. The Morgan fingerprint density at radius 1 is 1.21 bits per heavy atom. The van der Waals surface area contributed by atoms with Crippen molar-refractivity contribution in [3.8, 4) is 11.4 Å². The van der Waals surface area contributed by atoms with Crippen molar-refractivity contribution in [1.29, 1.82) is 0 Å². The summed E-state index contributed by atoms with van der Waals surface area (Å²) in [5.41, 5.74) is 2.86. The van der Waals surface area contributed by atoms with Gasteiger partial charge in [0, 0.05) is 18.7 Å². The second-order valence-electron chi connectivity index (χ2n) is 7.07. The number of thioether (sulfide) groups is 1. The first kappa shape index (κ1) is 18.7. The van der Waals surface area contributed by atoms with Gasteiger partial charge in [0.15, 0.2) is 11.0 Å². The fraction of sp³-hybridized carbons (Fsp3) is 0.286. The lowest BCUT2D eigenvalue weighted by molar-refractivity contribution is -0.120. The van der Waals surface area contributed by atoms with Crippen LogP contribution in [0, 0.1) is 12.7 Å². The van der Waals surface area contributed by atoms with Crippen molar-refractivity contribution < 1.29 is 9.18 Å². The molecule has 1 aromatic heterocycles. The summed E-state index contributed by atoms with van der Waals surface area (Å²) in [6, 6.07) is 14.4. The van der Waals surface area contributed by atoms with Gasteiger partial charge in [-0.3, -0.25) is 4.79 Å². The van der Waals surface area contributed by atoms with Gasteiger partial charge in [0.05, 0.1) is 0 Å². The van der Waals surface area contributed by atoms with Gasteiger partial charge in [-0.25, -0.2) is 4.39 Å². The molecule has 1 atom stereocenters. The van der Waals surface area contributed by atoms with E-state index in [-0.39, 0.29) is 17.8 Å². The summed E-state index contributed by atoms with van der Waals surface area (Å²) in [6.45, 7) is 2.03. The van der Waals surface area contributed by atoms with Crippen LogP contribution in [0.15, 0.2) is 53.7 Å². The number of carbonyl (C=O) groups excluding carboxylic acids is 1. The highest BCUT2D eigenvalue weighted by atomic mass is 32.2. The van der Waals surface area contributed by atoms with Crippen LogP contribution in [-0.2, 0) is 11.8 Å². The van der Waals surface area contributed by atoms with Crippen molar-refractivity contribution in [3.05, 3.63) is 65.5 Å². The smallest absolute Gasteiger partial charge is 0.238 e. The quantitative estimate of drug-likeness (QED) is 0.639. The zero-order valence-corrected chi connectivity index (χ0v) is 16.5. The Balaban J connectivity index is 1.63. The van der Waals surface area contributed by atoms with Crippen molar-refractivity contribution in [2.75, 3.05) is 0 Å². The highest BCUT2D eigenvalue weighted by molar-refractivity contribution is 8.00. The number of nitrogens with zero attached hydrogens (tertiary/aromatic N) is 3. The van der Waals surface area contributed by atoms with Gasteiger partial charge in [-0.1, -0.05) is 47.7 Å². The van der Waals surface area contributed by atoms with Gasteiger partial charge in [-0.2, -0.15) is 0 Å². The average Bonchev–Trinajstić information content (AvgIpc) is 3.41. The Bertz CT molecular complexity index is 998. The van der Waals surface area contributed by atoms with E-state index in [4.69, 9.17) is 0 Å². The maximum Gasteiger partial charge on any atom is 0.238 e. The largest absolute Gasteiger partial charge is 0.352 e. The Labute approximate surface area is 167 Å². The average molecular weight is 396 g/mol. The molecule has 1 aliphatic carbocycles. The minimum absolute atomic E-state index is 0.0841. The summed E-state index contributed by atoms with van der Waals surface area (Å²) in [4.78, 5) is 12.8. The number of aromatic nitrogens is 3. The van der Waals surface area contributed by atoms with Gasteiger partial charge in [-0.15, -0.1) is 10.2 Å². The zero-order valence-electron chi connectivity index (χ0n) is 15.7. The van der Waals surface area contributed by atoms with E-state index in [1.54, 1.807) is 12.1 Å². The Morgan fingerprint density at radius 3 is 2.64 bits per heavy atom. The predicted octanol–water partition coefficient (Wildman–Crippen LogP) is 4.04. The van der Waals surface area contributed by atoms with E-state index in [1.807, 2.05) is 36.7 Å². The van der Waals surface area contributed by atoms with E-state index in [0.717, 1.165) is 35.4 Å². The number of amides is 1. The highest BCUT2D eigenvalue weighted by Gasteiger charge is 2.30. The molecule has 144 valence electrons. The van der Waals surface area contributed by atoms with Crippen LogP contribution in [0.25, 0.3) is 11.4 Å². The van der Waals surface area contributed by atoms with Gasteiger partial charge >= 0.3 is 0 Å². The number of nitrogens with one attached hydrogen (secondary N) is 1. The van der Waals surface area contributed by atoms with Gasteiger partial charge in [0.25, 0.3) is 0 Å². The van der Waals surface area contributed by atoms with Crippen molar-refractivity contribution >= 4 is 17.7 Å². The summed E-state index contributed by atoms with van der Waals surface area (Å²) in [5.74, 6) is 0.335. The summed E-state index contributed by atoms with van der Waals surface area (Å²) in [6.07, 6.45) is 2.02. The Hall–Kier alpha value is -2.67. The molecule has 0 bridgehead atoms. The maximum atomic E-state index is 13.4. The second-order valence-corrected chi connectivity index (χ2v) is 8.14. The lowest BCUT2D eigenvalue weighted by Gasteiger charge is -2.16. The number of carbonyl (C=O) groups is 1. The first-order valence-corrected chi connectivity index (χ1v) is 10.1. The number of rotatable bonds is 6. The highest BCUT2D eigenvalue weighted by Crippen LogP contribution is 2.36. The molecule has 0 aliphatic heterocycles. The Kier molecular flexibility index (Phi) is 5.17. The van der Waals surface area contributed by atoms with E-state index >= 15 is 0 Å². The van der Waals surface area contributed by atoms with Crippen molar-refractivity contribution in [2.45, 2.75) is 36.2 Å². The molecule has 1 saturated carbocycles. The third-order valence-electron chi connectivity index (χ3n) is 4.67. The summed E-state index contributed by atoms with van der Waals surface area (Å²) in [5, 5.41) is 11.8. The van der Waals surface area contributed by atoms with Crippen LogP contribution in [-0.4, -0.2) is 26.7 Å². The van der Waals surface area contributed by atoms with E-state index in [1.165, 1.54) is 23.9 Å². The van der Waals surface area contributed by atoms with Gasteiger partial charge in [0.2, 0.25) is 5.91 Å². The van der Waals surface area contributed by atoms with Gasteiger partial charge in [0.1, 0.15) is 11.1 Å². The molecule has 0 spiro atoms. The first-order chi connectivity index (χ1) is 13.5. The number of hydrogen-bond donors (Lipinski definition) is 1. The molecule has 0 saturated heterocycles. The van der Waals surface area contributed by atoms with Crippen LogP contribution in [0.4, 0.5) is 4.39 Å². The first-order valence-electron chi connectivity index (χ1n) is 9.20. The molecule has 1 aliphatic rings. The van der Waals surface area contributed by atoms with Crippen molar-refractivity contribution in [3.63, 3.8) is 0 Å². The Morgan fingerprint density at radius 2 is 1.96 bits per heavy atom. The van der Waals surface area contributed by atoms with Crippen LogP contribution in [0.3, 0.4) is 0 Å². The number of hydrogen-bond acceptors (Lipinski definition) is 4. The monoisotopic (exact) mass is 396 g/mol. The van der Waals surface area contributed by atoms with E-state index < -0.39 is 5.25 Å². The fourth-order valence-electron chi connectivity index (χ4n) is 2.97. The predicted molar refractivity (Wildman–Crippen MR) is 107 cm³/mol. The van der Waals surface area contributed by atoms with E-state index in [9.17, 15) is 9.18 Å². The molecule has 4 rings (SSSR count). The minimum Gasteiger partial charge on any atom is -0.352 e. The molecule has 3 aromatic rings. The summed E-state index contributed by atoms with van der Waals surface area (Å²) < 4.78 is 15.2.